The van der Waals surface area contributed by atoms with E-state index in [9.17, 15) is 4.79 Å². The first-order chi connectivity index (χ1) is 8.66. The van der Waals surface area contributed by atoms with Crippen molar-refractivity contribution >= 4 is 38.9 Å². The number of aromatic carboxylic acids is 1. The Morgan fingerprint density at radius 3 is 2.94 bits per heavy atom. The molecule has 2 heterocycles. The van der Waals surface area contributed by atoms with Gasteiger partial charge in [0.2, 0.25) is 0 Å². The Labute approximate surface area is 117 Å². The van der Waals surface area contributed by atoms with Crippen LogP contribution in [0.5, 0.6) is 0 Å². The molecule has 0 amide bonds. The van der Waals surface area contributed by atoms with Crippen LogP contribution >= 0.6 is 27.3 Å². The molecule has 0 saturated carbocycles. The van der Waals surface area contributed by atoms with Crippen molar-refractivity contribution in [2.24, 2.45) is 0 Å². The Kier molecular flexibility index (Phi) is 4.33. The predicted octanol–water partition coefficient (Wildman–Crippen LogP) is 3.26. The molecule has 0 aromatic carbocycles. The normalized spacial score (nSPS) is 10.3. The van der Waals surface area contributed by atoms with E-state index in [4.69, 9.17) is 5.11 Å². The van der Waals surface area contributed by atoms with Gasteiger partial charge in [-0.15, -0.1) is 11.3 Å². The third kappa shape index (κ3) is 3.30. The lowest BCUT2D eigenvalue weighted by molar-refractivity contribution is 0.0697. The predicted molar refractivity (Wildman–Crippen MR) is 75.4 cm³/mol. The van der Waals surface area contributed by atoms with Crippen molar-refractivity contribution in [2.75, 3.05) is 11.9 Å². The Balaban J connectivity index is 1.96. The van der Waals surface area contributed by atoms with Gasteiger partial charge < -0.3 is 10.4 Å². The molecular weight excluding hydrogens is 316 g/mol. The minimum Gasteiger partial charge on any atom is -0.478 e. The molecule has 4 nitrogen and oxygen atoms in total. The number of carboxylic acid groups (broad SMARTS) is 1. The monoisotopic (exact) mass is 326 g/mol. The fraction of sp³-hybridized carbons (Fsp3) is 0.167. The van der Waals surface area contributed by atoms with E-state index in [1.54, 1.807) is 23.6 Å². The maximum Gasteiger partial charge on any atom is 0.339 e. The number of pyridine rings is 1. The van der Waals surface area contributed by atoms with Crippen LogP contribution in [0, 0.1) is 0 Å². The van der Waals surface area contributed by atoms with Gasteiger partial charge in [0.05, 0.1) is 9.47 Å². The van der Waals surface area contributed by atoms with Crippen molar-refractivity contribution in [1.29, 1.82) is 0 Å². The molecule has 2 aromatic heterocycles. The van der Waals surface area contributed by atoms with Gasteiger partial charge in [0, 0.05) is 23.8 Å². The number of hydrogen-bond donors (Lipinski definition) is 2. The van der Waals surface area contributed by atoms with Gasteiger partial charge in [-0.2, -0.15) is 0 Å². The van der Waals surface area contributed by atoms with Crippen LogP contribution in [0.1, 0.15) is 15.2 Å². The summed E-state index contributed by atoms with van der Waals surface area (Å²) in [5.74, 6) is -0.968. The fourth-order valence-corrected chi connectivity index (χ4v) is 3.01. The number of thiophene rings is 1. The zero-order valence-electron chi connectivity index (χ0n) is 9.39. The van der Waals surface area contributed by atoms with E-state index < -0.39 is 5.97 Å². The number of anilines is 1. The summed E-state index contributed by atoms with van der Waals surface area (Å²) in [6.45, 7) is 0.692. The smallest absolute Gasteiger partial charge is 0.339 e. The van der Waals surface area contributed by atoms with Crippen LogP contribution in [0.4, 0.5) is 5.69 Å². The van der Waals surface area contributed by atoms with Crippen LogP contribution in [0.2, 0.25) is 0 Å². The van der Waals surface area contributed by atoms with Crippen LogP contribution < -0.4 is 5.32 Å². The van der Waals surface area contributed by atoms with E-state index >= 15 is 0 Å². The zero-order chi connectivity index (χ0) is 13.0. The Morgan fingerprint density at radius 1 is 1.44 bits per heavy atom. The van der Waals surface area contributed by atoms with Crippen LogP contribution in [0.25, 0.3) is 0 Å². The van der Waals surface area contributed by atoms with Crippen molar-refractivity contribution in [2.45, 2.75) is 6.42 Å². The molecule has 0 aliphatic heterocycles. The van der Waals surface area contributed by atoms with Gasteiger partial charge in [-0.1, -0.05) is 0 Å². The summed E-state index contributed by atoms with van der Waals surface area (Å²) in [4.78, 5) is 16.0. The second-order valence-corrected chi connectivity index (χ2v) is 6.16. The van der Waals surface area contributed by atoms with Crippen molar-refractivity contribution in [3.63, 3.8) is 0 Å². The van der Waals surface area contributed by atoms with E-state index in [1.807, 2.05) is 6.07 Å². The van der Waals surface area contributed by atoms with E-state index in [2.05, 4.69) is 32.3 Å². The van der Waals surface area contributed by atoms with Gasteiger partial charge in [-0.3, -0.25) is 4.98 Å². The molecule has 0 atom stereocenters. The minimum atomic E-state index is -0.968. The largest absolute Gasteiger partial charge is 0.478 e. The van der Waals surface area contributed by atoms with Crippen LogP contribution in [0.15, 0.2) is 34.4 Å². The number of nitrogens with zero attached hydrogens (tertiary/aromatic N) is 1. The molecule has 0 aliphatic rings. The molecule has 2 aromatic rings. The summed E-state index contributed by atoms with van der Waals surface area (Å²) in [7, 11) is 0. The quantitative estimate of drug-likeness (QED) is 0.885. The Morgan fingerprint density at radius 2 is 2.28 bits per heavy atom. The van der Waals surface area contributed by atoms with Gasteiger partial charge in [-0.05, 0) is 40.5 Å². The molecule has 6 heteroatoms. The lowest BCUT2D eigenvalue weighted by Gasteiger charge is -2.07. The second kappa shape index (κ2) is 5.97. The molecule has 0 fully saturated rings. The van der Waals surface area contributed by atoms with Crippen LogP contribution in [0.3, 0.4) is 0 Å². The first-order valence-electron chi connectivity index (χ1n) is 5.32. The third-order valence-electron chi connectivity index (χ3n) is 2.37. The highest BCUT2D eigenvalue weighted by molar-refractivity contribution is 9.11. The lowest BCUT2D eigenvalue weighted by atomic mass is 10.2. The molecule has 2 rings (SSSR count). The number of nitrogens with one attached hydrogen (secondary N) is 1. The van der Waals surface area contributed by atoms with Gasteiger partial charge in [0.15, 0.2) is 0 Å². The van der Waals surface area contributed by atoms with Crippen LogP contribution in [-0.2, 0) is 6.42 Å². The highest BCUT2D eigenvalue weighted by Crippen LogP contribution is 2.22. The summed E-state index contributed by atoms with van der Waals surface area (Å²) in [5.41, 5.74) is 0.804. The van der Waals surface area contributed by atoms with Gasteiger partial charge >= 0.3 is 5.97 Å². The Hall–Kier alpha value is -1.40. The fourth-order valence-electron chi connectivity index (χ4n) is 1.53. The van der Waals surface area contributed by atoms with Crippen molar-refractivity contribution < 1.29 is 9.90 Å². The van der Waals surface area contributed by atoms with Gasteiger partial charge in [0.1, 0.15) is 5.56 Å². The van der Waals surface area contributed by atoms with Crippen molar-refractivity contribution in [3.8, 4) is 0 Å². The molecule has 2 N–H and O–H groups in total. The van der Waals surface area contributed by atoms with Crippen LogP contribution in [-0.4, -0.2) is 22.6 Å². The molecule has 0 spiro atoms. The lowest BCUT2D eigenvalue weighted by Crippen LogP contribution is -2.09. The average molecular weight is 327 g/mol. The minimum absolute atomic E-state index is 0.199. The number of rotatable bonds is 5. The number of halogens is 1. The summed E-state index contributed by atoms with van der Waals surface area (Å²) < 4.78 is 1.10. The number of carbonyl (C=O) groups is 1. The first-order valence-corrected chi connectivity index (χ1v) is 6.93. The zero-order valence-corrected chi connectivity index (χ0v) is 11.8. The van der Waals surface area contributed by atoms with E-state index in [0.717, 1.165) is 10.2 Å². The first kappa shape index (κ1) is 13.0. The van der Waals surface area contributed by atoms with Gasteiger partial charge in [0.25, 0.3) is 0 Å². The van der Waals surface area contributed by atoms with E-state index in [1.165, 1.54) is 11.1 Å². The summed E-state index contributed by atoms with van der Waals surface area (Å²) >= 11 is 5.09. The van der Waals surface area contributed by atoms with Gasteiger partial charge in [-0.25, -0.2) is 4.79 Å². The molecular formula is C12H11BrN2O2S. The topological polar surface area (TPSA) is 62.2 Å². The molecule has 18 heavy (non-hydrogen) atoms. The molecule has 0 unspecified atom stereocenters. The van der Waals surface area contributed by atoms with Crippen molar-refractivity contribution in [3.05, 3.63) is 44.8 Å². The molecule has 94 valence electrons. The highest BCUT2D eigenvalue weighted by atomic mass is 79.9. The molecule has 0 saturated heterocycles. The maximum atomic E-state index is 11.0. The average Bonchev–Trinajstić information content (AvgIpc) is 2.75. The standard InChI is InChI=1S/C12H11BrN2O2S/c13-11-2-1-8(18-11)3-6-15-10-4-5-14-7-9(10)12(16)17/h1-2,4-5,7H,3,6H2,(H,14,15)(H,16,17). The SMILES string of the molecule is O=C(O)c1cnccc1NCCc1ccc(Br)s1. The van der Waals surface area contributed by atoms with E-state index in [0.29, 0.717) is 12.2 Å². The summed E-state index contributed by atoms with van der Waals surface area (Å²) in [6.07, 6.45) is 3.79. The third-order valence-corrected chi connectivity index (χ3v) is 4.05. The molecule has 0 radical (unpaired) electrons. The Bertz CT molecular complexity index is 557. The maximum absolute atomic E-state index is 11.0. The molecule has 0 bridgehead atoms. The summed E-state index contributed by atoms with van der Waals surface area (Å²) in [5, 5.41) is 12.1. The summed E-state index contributed by atoms with van der Waals surface area (Å²) in [6, 6.07) is 5.74. The second-order valence-electron chi connectivity index (χ2n) is 3.61. The van der Waals surface area contributed by atoms with E-state index in [-0.39, 0.29) is 5.56 Å². The highest BCUT2D eigenvalue weighted by Gasteiger charge is 2.09. The molecule has 0 aliphatic carbocycles. The number of hydrogen-bond acceptors (Lipinski definition) is 4. The number of aromatic nitrogens is 1. The van der Waals surface area contributed by atoms with Crippen molar-refractivity contribution in [1.82, 2.24) is 4.98 Å². The number of carboxylic acids is 1.